The van der Waals surface area contributed by atoms with Crippen molar-refractivity contribution in [1.29, 1.82) is 0 Å². The van der Waals surface area contributed by atoms with Gasteiger partial charge in [0.15, 0.2) is 0 Å². The Bertz CT molecular complexity index is 324. The van der Waals surface area contributed by atoms with Crippen molar-refractivity contribution < 1.29 is 19.5 Å². The molecule has 0 aliphatic heterocycles. The predicted molar refractivity (Wildman–Crippen MR) is 64.6 cm³/mol. The zero-order valence-corrected chi connectivity index (χ0v) is 10.4. The monoisotopic (exact) mass is 256 g/mol. The number of rotatable bonds is 6. The first-order valence-corrected chi connectivity index (χ1v) is 6.32. The number of nitrogens with two attached hydrogens (primary N) is 1. The number of hydrogen-bond acceptors (Lipinski definition) is 3. The minimum Gasteiger partial charge on any atom is -0.481 e. The normalized spacial score (nSPS) is 18.0. The Labute approximate surface area is 106 Å². The fourth-order valence-corrected chi connectivity index (χ4v) is 2.21. The van der Waals surface area contributed by atoms with E-state index >= 15 is 0 Å². The van der Waals surface area contributed by atoms with E-state index in [4.69, 9.17) is 10.8 Å². The molecule has 0 spiro atoms. The van der Waals surface area contributed by atoms with Gasteiger partial charge in [-0.3, -0.25) is 14.4 Å². The van der Waals surface area contributed by atoms with Crippen LogP contribution in [0.3, 0.4) is 0 Å². The molecule has 0 aromatic rings. The standard InChI is InChI=1S/C12H20N2O4/c13-11(17)9(6-7-10(15)16)14-12(18)8-4-2-1-3-5-8/h8-9H,1-7H2,(H2,13,17)(H,14,18)(H,15,16)/t9-/m1/s1. The van der Waals surface area contributed by atoms with E-state index in [0.29, 0.717) is 0 Å². The molecule has 1 fully saturated rings. The van der Waals surface area contributed by atoms with Gasteiger partial charge in [-0.15, -0.1) is 0 Å². The molecule has 1 aliphatic carbocycles. The molecule has 4 N–H and O–H groups in total. The van der Waals surface area contributed by atoms with Gasteiger partial charge in [0.2, 0.25) is 11.8 Å². The van der Waals surface area contributed by atoms with Gasteiger partial charge in [0.05, 0.1) is 0 Å². The molecular formula is C12H20N2O4. The molecule has 102 valence electrons. The maximum atomic E-state index is 11.9. The largest absolute Gasteiger partial charge is 0.481 e. The molecular weight excluding hydrogens is 236 g/mol. The summed E-state index contributed by atoms with van der Waals surface area (Å²) < 4.78 is 0. The number of amides is 2. The average molecular weight is 256 g/mol. The summed E-state index contributed by atoms with van der Waals surface area (Å²) in [4.78, 5) is 33.5. The third kappa shape index (κ3) is 4.73. The number of aliphatic carboxylic acids is 1. The van der Waals surface area contributed by atoms with Gasteiger partial charge in [-0.25, -0.2) is 0 Å². The van der Waals surface area contributed by atoms with Gasteiger partial charge in [0, 0.05) is 12.3 Å². The zero-order chi connectivity index (χ0) is 13.5. The summed E-state index contributed by atoms with van der Waals surface area (Å²) in [7, 11) is 0. The molecule has 0 radical (unpaired) electrons. The Morgan fingerprint density at radius 2 is 1.83 bits per heavy atom. The maximum absolute atomic E-state index is 11.9. The second kappa shape index (κ2) is 6.98. The molecule has 0 bridgehead atoms. The molecule has 0 unspecified atom stereocenters. The number of nitrogens with one attached hydrogen (secondary N) is 1. The van der Waals surface area contributed by atoms with Crippen molar-refractivity contribution in [2.24, 2.45) is 11.7 Å². The van der Waals surface area contributed by atoms with E-state index in [9.17, 15) is 14.4 Å². The van der Waals surface area contributed by atoms with Crippen LogP contribution < -0.4 is 11.1 Å². The molecule has 2 amide bonds. The predicted octanol–water partition coefficient (Wildman–Crippen LogP) is 0.402. The van der Waals surface area contributed by atoms with Crippen molar-refractivity contribution in [2.45, 2.75) is 51.0 Å². The van der Waals surface area contributed by atoms with E-state index in [1.54, 1.807) is 0 Å². The van der Waals surface area contributed by atoms with Gasteiger partial charge in [-0.1, -0.05) is 19.3 Å². The highest BCUT2D eigenvalue weighted by atomic mass is 16.4. The summed E-state index contributed by atoms with van der Waals surface area (Å²) in [6.07, 6.45) is 4.71. The highest BCUT2D eigenvalue weighted by molar-refractivity contribution is 5.87. The highest BCUT2D eigenvalue weighted by Gasteiger charge is 2.25. The molecule has 6 heteroatoms. The highest BCUT2D eigenvalue weighted by Crippen LogP contribution is 2.23. The molecule has 1 rings (SSSR count). The van der Waals surface area contributed by atoms with Gasteiger partial charge in [0.1, 0.15) is 6.04 Å². The van der Waals surface area contributed by atoms with Crippen molar-refractivity contribution in [3.05, 3.63) is 0 Å². The molecule has 1 saturated carbocycles. The fourth-order valence-electron chi connectivity index (χ4n) is 2.21. The second-order valence-corrected chi connectivity index (χ2v) is 4.73. The van der Waals surface area contributed by atoms with E-state index in [1.165, 1.54) is 0 Å². The minimum atomic E-state index is -1.01. The maximum Gasteiger partial charge on any atom is 0.303 e. The lowest BCUT2D eigenvalue weighted by molar-refractivity contribution is -0.138. The Morgan fingerprint density at radius 1 is 1.22 bits per heavy atom. The molecule has 0 heterocycles. The van der Waals surface area contributed by atoms with E-state index in [0.717, 1.165) is 32.1 Å². The van der Waals surface area contributed by atoms with E-state index in [-0.39, 0.29) is 24.7 Å². The molecule has 0 aromatic heterocycles. The quantitative estimate of drug-likeness (QED) is 0.639. The van der Waals surface area contributed by atoms with Gasteiger partial charge in [-0.2, -0.15) is 0 Å². The Morgan fingerprint density at radius 3 is 2.33 bits per heavy atom. The first kappa shape index (κ1) is 14.5. The minimum absolute atomic E-state index is 0.0448. The first-order chi connectivity index (χ1) is 8.50. The Balaban J connectivity index is 2.46. The average Bonchev–Trinajstić information content (AvgIpc) is 2.34. The van der Waals surface area contributed by atoms with E-state index in [1.807, 2.05) is 0 Å². The lowest BCUT2D eigenvalue weighted by atomic mass is 9.88. The number of carboxylic acid groups (broad SMARTS) is 1. The molecule has 18 heavy (non-hydrogen) atoms. The summed E-state index contributed by atoms with van der Waals surface area (Å²) in [5, 5.41) is 11.1. The second-order valence-electron chi connectivity index (χ2n) is 4.73. The number of carboxylic acids is 1. The van der Waals surface area contributed by atoms with Gasteiger partial charge in [0.25, 0.3) is 0 Å². The number of carbonyl (C=O) groups is 3. The summed E-state index contributed by atoms with van der Waals surface area (Å²) in [6.45, 7) is 0. The topological polar surface area (TPSA) is 109 Å². The van der Waals surface area contributed by atoms with Crippen molar-refractivity contribution in [3.8, 4) is 0 Å². The van der Waals surface area contributed by atoms with Crippen LogP contribution in [0.1, 0.15) is 44.9 Å². The lowest BCUT2D eigenvalue weighted by Gasteiger charge is -2.23. The van der Waals surface area contributed by atoms with Gasteiger partial charge < -0.3 is 16.2 Å². The number of hydrogen-bond donors (Lipinski definition) is 3. The third-order valence-electron chi connectivity index (χ3n) is 3.28. The Hall–Kier alpha value is -1.59. The summed E-state index contributed by atoms with van der Waals surface area (Å²) >= 11 is 0. The smallest absolute Gasteiger partial charge is 0.303 e. The van der Waals surface area contributed by atoms with Crippen LogP contribution >= 0.6 is 0 Å². The molecule has 1 aliphatic rings. The van der Waals surface area contributed by atoms with Gasteiger partial charge in [-0.05, 0) is 19.3 Å². The van der Waals surface area contributed by atoms with Crippen LogP contribution in [0, 0.1) is 5.92 Å². The van der Waals surface area contributed by atoms with Crippen molar-refractivity contribution in [1.82, 2.24) is 5.32 Å². The summed E-state index contributed by atoms with van der Waals surface area (Å²) in [5.74, 6) is -1.93. The number of primary amides is 1. The lowest BCUT2D eigenvalue weighted by Crippen LogP contribution is -2.47. The molecule has 6 nitrogen and oxygen atoms in total. The van der Waals surface area contributed by atoms with Crippen molar-refractivity contribution in [3.63, 3.8) is 0 Å². The van der Waals surface area contributed by atoms with Crippen LogP contribution in [0.25, 0.3) is 0 Å². The molecule has 0 aromatic carbocycles. The van der Waals surface area contributed by atoms with Crippen LogP contribution in [0.4, 0.5) is 0 Å². The third-order valence-corrected chi connectivity index (χ3v) is 3.28. The van der Waals surface area contributed by atoms with Crippen LogP contribution in [0.2, 0.25) is 0 Å². The van der Waals surface area contributed by atoms with Crippen LogP contribution in [0.15, 0.2) is 0 Å². The number of carbonyl (C=O) groups excluding carboxylic acids is 2. The van der Waals surface area contributed by atoms with Gasteiger partial charge >= 0.3 is 5.97 Å². The van der Waals surface area contributed by atoms with Crippen molar-refractivity contribution in [2.75, 3.05) is 0 Å². The first-order valence-electron chi connectivity index (χ1n) is 6.32. The summed E-state index contributed by atoms with van der Waals surface area (Å²) in [5.41, 5.74) is 5.15. The van der Waals surface area contributed by atoms with Crippen LogP contribution in [-0.4, -0.2) is 28.9 Å². The van der Waals surface area contributed by atoms with Crippen LogP contribution in [-0.2, 0) is 14.4 Å². The van der Waals surface area contributed by atoms with Crippen LogP contribution in [0.5, 0.6) is 0 Å². The summed E-state index contributed by atoms with van der Waals surface area (Å²) in [6, 6.07) is -0.879. The SMILES string of the molecule is NC(=O)[C@@H](CCC(=O)O)NC(=O)C1CCCCC1. The van der Waals surface area contributed by atoms with E-state index < -0.39 is 17.9 Å². The zero-order valence-electron chi connectivity index (χ0n) is 10.4. The molecule has 0 saturated heterocycles. The Kier molecular flexibility index (Phi) is 5.61. The van der Waals surface area contributed by atoms with Crippen molar-refractivity contribution >= 4 is 17.8 Å². The fraction of sp³-hybridized carbons (Fsp3) is 0.750. The molecule has 1 atom stereocenters. The van der Waals surface area contributed by atoms with E-state index in [2.05, 4.69) is 5.32 Å².